The number of carboxylic acid groups (broad SMARTS) is 1. The summed E-state index contributed by atoms with van der Waals surface area (Å²) in [6.45, 7) is 1.36. The predicted octanol–water partition coefficient (Wildman–Crippen LogP) is 4.16. The fourth-order valence-electron chi connectivity index (χ4n) is 4.17. The van der Waals surface area contributed by atoms with Gasteiger partial charge < -0.3 is 5.11 Å². The molecular weight excluding hydrogens is 474 g/mol. The number of nitrogens with zero attached hydrogens (tertiary/aromatic N) is 2. The van der Waals surface area contributed by atoms with Crippen LogP contribution < -0.4 is 0 Å². The molecular formula is C26H24F2N2O4S. The lowest BCUT2D eigenvalue weighted by Crippen LogP contribution is -2.49. The van der Waals surface area contributed by atoms with Crippen molar-refractivity contribution in [3.8, 4) is 0 Å². The largest absolute Gasteiger partial charge is 0.478 e. The molecule has 1 aliphatic rings. The van der Waals surface area contributed by atoms with Crippen molar-refractivity contribution in [1.82, 2.24) is 9.21 Å². The van der Waals surface area contributed by atoms with Gasteiger partial charge in [0.1, 0.15) is 11.6 Å². The van der Waals surface area contributed by atoms with Gasteiger partial charge in [0.05, 0.1) is 10.9 Å². The summed E-state index contributed by atoms with van der Waals surface area (Å²) in [5.74, 6) is -1.79. The van der Waals surface area contributed by atoms with Crippen molar-refractivity contribution < 1.29 is 27.1 Å². The van der Waals surface area contributed by atoms with E-state index >= 15 is 0 Å². The molecule has 182 valence electrons. The molecule has 35 heavy (non-hydrogen) atoms. The van der Waals surface area contributed by atoms with E-state index in [1.807, 2.05) is 0 Å². The molecule has 0 amide bonds. The Hall–Kier alpha value is -3.40. The van der Waals surface area contributed by atoms with E-state index < -0.39 is 16.0 Å². The number of carboxylic acids is 1. The number of aliphatic carboxylic acids is 1. The fourth-order valence-corrected chi connectivity index (χ4v) is 5.60. The number of sulfonamides is 1. The van der Waals surface area contributed by atoms with Crippen molar-refractivity contribution in [2.75, 3.05) is 26.2 Å². The minimum absolute atomic E-state index is 0.132. The van der Waals surface area contributed by atoms with Crippen LogP contribution in [0.15, 0.2) is 83.8 Å². The SMILES string of the molecule is O=C(O)C=Cc1ccc(S(=O)(=O)N2CCN(C(c3ccc(F)cc3)c3ccc(F)cc3)CC2)cc1. The summed E-state index contributed by atoms with van der Waals surface area (Å²) in [5, 5.41) is 8.73. The first-order valence-corrected chi connectivity index (χ1v) is 12.4. The second kappa shape index (κ2) is 10.5. The maximum atomic E-state index is 13.5. The Kier molecular flexibility index (Phi) is 7.39. The van der Waals surface area contributed by atoms with E-state index in [1.54, 1.807) is 36.4 Å². The number of hydrogen-bond donors (Lipinski definition) is 1. The highest BCUT2D eigenvalue weighted by Crippen LogP contribution is 2.31. The Morgan fingerprint density at radius 2 is 1.29 bits per heavy atom. The van der Waals surface area contributed by atoms with E-state index in [0.29, 0.717) is 18.7 Å². The fraction of sp³-hybridized carbons (Fsp3) is 0.192. The van der Waals surface area contributed by atoms with Crippen LogP contribution >= 0.6 is 0 Å². The number of carbonyl (C=O) groups is 1. The molecule has 0 aromatic heterocycles. The van der Waals surface area contributed by atoms with Gasteiger partial charge in [0.2, 0.25) is 10.0 Å². The highest BCUT2D eigenvalue weighted by molar-refractivity contribution is 7.89. The van der Waals surface area contributed by atoms with E-state index in [1.165, 1.54) is 46.8 Å². The van der Waals surface area contributed by atoms with Crippen LogP contribution in [0, 0.1) is 11.6 Å². The molecule has 9 heteroatoms. The molecule has 0 spiro atoms. The van der Waals surface area contributed by atoms with E-state index in [-0.39, 0.29) is 35.7 Å². The molecule has 0 unspecified atom stereocenters. The standard InChI is InChI=1S/C26H24F2N2O4S/c27-22-8-4-20(5-9-22)26(21-6-10-23(28)11-7-21)29-15-17-30(18-16-29)35(33,34)24-12-1-19(2-13-24)3-14-25(31)32/h1-14,26H,15-18H2,(H,31,32). The first-order chi connectivity index (χ1) is 16.7. The maximum absolute atomic E-state index is 13.5. The highest BCUT2D eigenvalue weighted by atomic mass is 32.2. The Morgan fingerprint density at radius 3 is 1.74 bits per heavy atom. The molecule has 1 aliphatic heterocycles. The quantitative estimate of drug-likeness (QED) is 0.495. The van der Waals surface area contributed by atoms with Gasteiger partial charge in [-0.1, -0.05) is 36.4 Å². The van der Waals surface area contributed by atoms with Crippen LogP contribution in [-0.4, -0.2) is 54.9 Å². The van der Waals surface area contributed by atoms with Gasteiger partial charge in [0, 0.05) is 32.3 Å². The molecule has 0 saturated carbocycles. The Bertz CT molecular complexity index is 1260. The Balaban J connectivity index is 1.51. The van der Waals surface area contributed by atoms with Crippen LogP contribution in [0.3, 0.4) is 0 Å². The molecule has 0 bridgehead atoms. The van der Waals surface area contributed by atoms with Gasteiger partial charge in [0.15, 0.2) is 0 Å². The highest BCUT2D eigenvalue weighted by Gasteiger charge is 2.32. The van der Waals surface area contributed by atoms with Crippen LogP contribution in [0.2, 0.25) is 0 Å². The van der Waals surface area contributed by atoms with Crippen molar-refractivity contribution in [2.45, 2.75) is 10.9 Å². The third-order valence-corrected chi connectivity index (χ3v) is 7.86. The minimum atomic E-state index is -3.73. The van der Waals surface area contributed by atoms with Crippen LogP contribution in [0.5, 0.6) is 0 Å². The molecule has 3 aromatic rings. The summed E-state index contributed by atoms with van der Waals surface area (Å²) in [4.78, 5) is 12.9. The van der Waals surface area contributed by atoms with E-state index in [2.05, 4.69) is 4.90 Å². The molecule has 0 atom stereocenters. The Labute approximate surface area is 202 Å². The van der Waals surface area contributed by atoms with E-state index in [9.17, 15) is 22.0 Å². The molecule has 1 saturated heterocycles. The topological polar surface area (TPSA) is 77.9 Å². The van der Waals surface area contributed by atoms with Gasteiger partial charge in [-0.3, -0.25) is 4.90 Å². The van der Waals surface area contributed by atoms with E-state index in [4.69, 9.17) is 5.11 Å². The van der Waals surface area contributed by atoms with Crippen LogP contribution in [0.4, 0.5) is 8.78 Å². The van der Waals surface area contributed by atoms with Crippen molar-refractivity contribution in [1.29, 1.82) is 0 Å². The zero-order chi connectivity index (χ0) is 25.0. The molecule has 0 aliphatic carbocycles. The zero-order valence-electron chi connectivity index (χ0n) is 18.7. The average molecular weight is 499 g/mol. The van der Waals surface area contributed by atoms with Crippen molar-refractivity contribution >= 4 is 22.1 Å². The monoisotopic (exact) mass is 498 g/mol. The number of hydrogen-bond acceptors (Lipinski definition) is 4. The summed E-state index contributed by atoms with van der Waals surface area (Å²) in [5.41, 5.74) is 2.25. The summed E-state index contributed by atoms with van der Waals surface area (Å²) >= 11 is 0. The Morgan fingerprint density at radius 1 is 0.800 bits per heavy atom. The molecule has 6 nitrogen and oxygen atoms in total. The molecule has 3 aromatic carbocycles. The average Bonchev–Trinajstić information content (AvgIpc) is 2.86. The minimum Gasteiger partial charge on any atom is -0.478 e. The van der Waals surface area contributed by atoms with Gasteiger partial charge in [0.25, 0.3) is 0 Å². The molecule has 1 N–H and O–H groups in total. The number of halogens is 2. The van der Waals surface area contributed by atoms with Crippen LogP contribution in [0.25, 0.3) is 6.08 Å². The first kappa shape index (κ1) is 24.7. The third kappa shape index (κ3) is 5.82. The number of rotatable bonds is 7. The third-order valence-electron chi connectivity index (χ3n) is 5.95. The lowest BCUT2D eigenvalue weighted by Gasteiger charge is -2.39. The summed E-state index contributed by atoms with van der Waals surface area (Å²) < 4.78 is 54.8. The molecule has 1 heterocycles. The molecule has 4 rings (SSSR count). The van der Waals surface area contributed by atoms with Gasteiger partial charge >= 0.3 is 5.97 Å². The first-order valence-electron chi connectivity index (χ1n) is 11.0. The van der Waals surface area contributed by atoms with Crippen molar-refractivity contribution in [3.05, 3.63) is 107 Å². The summed E-state index contributed by atoms with van der Waals surface area (Å²) in [7, 11) is -3.73. The van der Waals surface area contributed by atoms with Gasteiger partial charge in [-0.2, -0.15) is 4.31 Å². The molecule has 0 radical (unpaired) electrons. The van der Waals surface area contributed by atoms with Crippen molar-refractivity contribution in [2.24, 2.45) is 0 Å². The predicted molar refractivity (Wildman–Crippen MR) is 128 cm³/mol. The second-order valence-electron chi connectivity index (χ2n) is 8.19. The van der Waals surface area contributed by atoms with Crippen molar-refractivity contribution in [3.63, 3.8) is 0 Å². The lowest BCUT2D eigenvalue weighted by atomic mass is 9.96. The summed E-state index contributed by atoms with van der Waals surface area (Å²) in [6.07, 6.45) is 2.38. The van der Waals surface area contributed by atoms with Crippen LogP contribution in [0.1, 0.15) is 22.7 Å². The number of benzene rings is 3. The molecule has 1 fully saturated rings. The van der Waals surface area contributed by atoms with Crippen LogP contribution in [-0.2, 0) is 14.8 Å². The van der Waals surface area contributed by atoms with Gasteiger partial charge in [-0.05, 0) is 59.2 Å². The maximum Gasteiger partial charge on any atom is 0.328 e. The normalized spacial score (nSPS) is 15.6. The van der Waals surface area contributed by atoms with E-state index in [0.717, 1.165) is 17.2 Å². The summed E-state index contributed by atoms with van der Waals surface area (Å²) in [6, 6.07) is 18.0. The lowest BCUT2D eigenvalue weighted by molar-refractivity contribution is -0.131. The van der Waals surface area contributed by atoms with Gasteiger partial charge in [-0.25, -0.2) is 22.0 Å². The zero-order valence-corrected chi connectivity index (χ0v) is 19.5. The number of piperazine rings is 1. The van der Waals surface area contributed by atoms with Gasteiger partial charge in [-0.15, -0.1) is 0 Å². The second-order valence-corrected chi connectivity index (χ2v) is 10.1. The smallest absolute Gasteiger partial charge is 0.328 e.